The Morgan fingerprint density at radius 1 is 1.14 bits per heavy atom. The highest BCUT2D eigenvalue weighted by atomic mass is 27.0. The van der Waals surface area contributed by atoms with Crippen LogP contribution in [0.1, 0.15) is 27.2 Å². The second-order valence-electron chi connectivity index (χ2n) is 6.03. The van der Waals surface area contributed by atoms with Crippen molar-refractivity contribution in [2.24, 2.45) is 0 Å². The lowest BCUT2D eigenvalue weighted by Crippen LogP contribution is -2.48. The molecule has 1 aliphatic rings. The summed E-state index contributed by atoms with van der Waals surface area (Å²) in [6, 6.07) is -1.82. The molecule has 0 N–H and O–H groups in total. The molecule has 1 aliphatic heterocycles. The van der Waals surface area contributed by atoms with Gasteiger partial charge in [-0.05, 0) is 27.2 Å². The predicted octanol–water partition coefficient (Wildman–Crippen LogP) is 1.61. The van der Waals surface area contributed by atoms with E-state index in [2.05, 4.69) is 0 Å². The molecule has 1 heterocycles. The first-order valence-corrected chi connectivity index (χ1v) is 7.73. The van der Waals surface area contributed by atoms with Gasteiger partial charge in [0.2, 0.25) is 0 Å². The maximum atomic E-state index is 13.0. The third-order valence-electron chi connectivity index (χ3n) is 3.09. The molecule has 9 heteroatoms. The van der Waals surface area contributed by atoms with Crippen LogP contribution in [0.2, 0.25) is 0 Å². The van der Waals surface area contributed by atoms with E-state index >= 15 is 0 Å². The smallest absolute Gasteiger partial charge is 0.410 e. The van der Waals surface area contributed by atoms with Crippen molar-refractivity contribution < 1.29 is 27.5 Å². The van der Waals surface area contributed by atoms with Gasteiger partial charge in [0.15, 0.2) is 0 Å². The van der Waals surface area contributed by atoms with Crippen molar-refractivity contribution in [3.8, 4) is 0 Å². The fraction of sp³-hybridized carbons (Fsp3) is 0.833. The molecule has 0 bridgehead atoms. The van der Waals surface area contributed by atoms with Crippen molar-refractivity contribution in [3.05, 3.63) is 0 Å². The Morgan fingerprint density at radius 3 is 2.14 bits per heavy atom. The quantitative estimate of drug-likeness (QED) is 0.636. The van der Waals surface area contributed by atoms with Crippen LogP contribution < -0.4 is 0 Å². The second-order valence-corrected chi connectivity index (χ2v) is 6.88. The van der Waals surface area contributed by atoms with E-state index in [0.29, 0.717) is 0 Å². The zero-order valence-corrected chi connectivity index (χ0v) is 14.7. The van der Waals surface area contributed by atoms with Gasteiger partial charge in [-0.1, -0.05) is 0 Å². The van der Waals surface area contributed by atoms with Gasteiger partial charge < -0.3 is 14.5 Å². The van der Waals surface area contributed by atoms with E-state index in [-0.39, 0.29) is 42.3 Å². The molecule has 0 aromatic carbocycles. The van der Waals surface area contributed by atoms with Gasteiger partial charge >= 0.3 is 28.6 Å². The lowest BCUT2D eigenvalue weighted by Gasteiger charge is -2.30. The van der Waals surface area contributed by atoms with E-state index < -0.39 is 28.7 Å². The lowest BCUT2D eigenvalue weighted by molar-refractivity contribution is -0.174. The topological polar surface area (TPSA) is 49.9 Å². The van der Waals surface area contributed by atoms with Gasteiger partial charge in [0, 0.05) is 19.6 Å². The van der Waals surface area contributed by atoms with Crippen LogP contribution in [0, 0.1) is 0 Å². The zero-order chi connectivity index (χ0) is 16.4. The number of ether oxygens (including phenoxy) is 1. The van der Waals surface area contributed by atoms with E-state index in [1.165, 1.54) is 4.90 Å². The van der Waals surface area contributed by atoms with Crippen LogP contribution in [-0.2, 0) is 4.74 Å². The third kappa shape index (κ3) is 5.40. The molecule has 0 aromatic heterocycles. The lowest BCUT2D eigenvalue weighted by atomic mass is 10.2. The molecule has 1 atom stereocenters. The van der Waals surface area contributed by atoms with Gasteiger partial charge in [-0.2, -0.15) is 13.2 Å². The van der Waals surface area contributed by atoms with E-state index in [9.17, 15) is 22.8 Å². The minimum absolute atomic E-state index is 0.0157. The molecule has 120 valence electrons. The maximum absolute atomic E-state index is 13.0. The van der Waals surface area contributed by atoms with Gasteiger partial charge in [-0.15, -0.1) is 0 Å². The van der Waals surface area contributed by atoms with Gasteiger partial charge in [0.25, 0.3) is 0 Å². The number of amides is 2. The molecule has 0 saturated carbocycles. The van der Waals surface area contributed by atoms with Crippen LogP contribution in [0.3, 0.4) is 0 Å². The van der Waals surface area contributed by atoms with Crippen molar-refractivity contribution in [2.45, 2.75) is 45.0 Å². The van der Waals surface area contributed by atoms with Crippen LogP contribution in [0.25, 0.3) is 0 Å². The first-order chi connectivity index (χ1) is 9.42. The van der Waals surface area contributed by atoms with Crippen molar-refractivity contribution in [1.82, 2.24) is 9.80 Å². The summed E-state index contributed by atoms with van der Waals surface area (Å²) in [7, 11) is 0. The summed E-state index contributed by atoms with van der Waals surface area (Å²) in [6.07, 6.45) is -5.45. The number of alkyl halides is 3. The third-order valence-corrected chi connectivity index (χ3v) is 3.67. The molecule has 1 fully saturated rings. The molecule has 0 aliphatic carbocycles. The number of nitrogens with zero attached hydrogens (tertiary/aromatic N) is 2. The standard InChI is InChI=1S/C12H18F3N2O3.Al.2H/c1-11(2,3)20-10(19)16-5-4-9(12(13,14)15)17(8-18)7-6-16;;;/h9H,4-7H2,1-3H3;;;. The van der Waals surface area contributed by atoms with Crippen molar-refractivity contribution >= 4 is 27.2 Å². The van der Waals surface area contributed by atoms with Gasteiger partial charge in [-0.25, -0.2) is 4.79 Å². The summed E-state index contributed by atoms with van der Waals surface area (Å²) in [4.78, 5) is 25.5. The Kier molecular flexibility index (Phi) is 5.56. The largest absolute Gasteiger partial charge is 0.444 e. The van der Waals surface area contributed by atoms with Crippen LogP contribution in [0.5, 0.6) is 0 Å². The van der Waals surface area contributed by atoms with E-state index in [0.717, 1.165) is 4.90 Å². The zero-order valence-electron chi connectivity index (χ0n) is 12.7. The first kappa shape index (κ1) is 18.1. The van der Waals surface area contributed by atoms with Crippen LogP contribution >= 0.6 is 0 Å². The minimum Gasteiger partial charge on any atom is -0.444 e. The predicted molar refractivity (Wildman–Crippen MR) is 72.9 cm³/mol. The van der Waals surface area contributed by atoms with Crippen LogP contribution in [0.15, 0.2) is 0 Å². The Morgan fingerprint density at radius 2 is 1.71 bits per heavy atom. The summed E-state index contributed by atoms with van der Waals surface area (Å²) in [6.45, 7) is 4.92. The Bertz CT molecular complexity index is 410. The number of carbonyl (C=O) groups excluding carboxylic acids is 2. The number of rotatable bonds is 0. The monoisotopic (exact) mass is 324 g/mol. The number of halogens is 3. The molecule has 21 heavy (non-hydrogen) atoms. The fourth-order valence-electron chi connectivity index (χ4n) is 2.16. The number of hydrogen-bond acceptors (Lipinski definition) is 3. The van der Waals surface area contributed by atoms with Crippen LogP contribution in [-0.4, -0.2) is 74.4 Å². The molecule has 0 aromatic rings. The minimum atomic E-state index is -4.48. The molecule has 1 rings (SSSR count). The average molecular weight is 324 g/mol. The summed E-state index contributed by atoms with van der Waals surface area (Å²) in [5.74, 6) is 0. The van der Waals surface area contributed by atoms with E-state index in [1.54, 1.807) is 20.8 Å². The van der Waals surface area contributed by atoms with E-state index in [1.807, 2.05) is 0 Å². The SMILES string of the molecule is CC(C)(C)OC(=O)N1CCC(C(F)(F)F)N([C](=O)[AlH2])CC1. The summed E-state index contributed by atoms with van der Waals surface area (Å²) >= 11 is 0.0157. The Balaban J connectivity index is 2.82. The molecule has 0 radical (unpaired) electrons. The maximum Gasteiger partial charge on any atom is 0.410 e. The highest BCUT2D eigenvalue weighted by Crippen LogP contribution is 2.29. The second kappa shape index (κ2) is 6.45. The van der Waals surface area contributed by atoms with Gasteiger partial charge in [-0.3, -0.25) is 4.79 Å². The summed E-state index contributed by atoms with van der Waals surface area (Å²) in [5, 5.41) is 0. The number of carbonyl (C=O) groups is 2. The van der Waals surface area contributed by atoms with Crippen molar-refractivity contribution in [3.63, 3.8) is 0 Å². The van der Waals surface area contributed by atoms with Gasteiger partial charge in [0.05, 0.1) is 0 Å². The van der Waals surface area contributed by atoms with E-state index in [4.69, 9.17) is 4.74 Å². The Labute approximate surface area is 129 Å². The number of hydrogen-bond donors (Lipinski definition) is 0. The summed E-state index contributed by atoms with van der Waals surface area (Å²) < 4.78 is 43.7. The molecular weight excluding hydrogens is 304 g/mol. The average Bonchev–Trinajstić information content (AvgIpc) is 2.47. The fourth-order valence-corrected chi connectivity index (χ4v) is 2.69. The van der Waals surface area contributed by atoms with Crippen molar-refractivity contribution in [1.29, 1.82) is 0 Å². The van der Waals surface area contributed by atoms with Crippen molar-refractivity contribution in [2.75, 3.05) is 19.6 Å². The molecular formula is C12H20AlF3N2O3. The first-order valence-electron chi connectivity index (χ1n) is 6.73. The van der Waals surface area contributed by atoms with Crippen LogP contribution in [0.4, 0.5) is 22.8 Å². The summed E-state index contributed by atoms with van der Waals surface area (Å²) in [5.41, 5.74) is -0.708. The normalized spacial score (nSPS) is 21.0. The molecule has 5 nitrogen and oxygen atoms in total. The van der Waals surface area contributed by atoms with Gasteiger partial charge in [0.1, 0.15) is 16.4 Å². The highest BCUT2D eigenvalue weighted by molar-refractivity contribution is 6.57. The molecule has 1 saturated heterocycles. The molecule has 2 amide bonds. The highest BCUT2D eigenvalue weighted by Gasteiger charge is 2.45. The Hall–Kier alpha value is -0.938. The molecule has 0 spiro atoms. The molecule has 1 unspecified atom stereocenters.